The van der Waals surface area contributed by atoms with Gasteiger partial charge in [0, 0.05) is 0 Å². The van der Waals surface area contributed by atoms with E-state index in [1.54, 1.807) is 42.5 Å². The summed E-state index contributed by atoms with van der Waals surface area (Å²) in [6.07, 6.45) is 1.82. The van der Waals surface area contributed by atoms with Crippen LogP contribution in [0.1, 0.15) is 12.0 Å². The quantitative estimate of drug-likeness (QED) is 0.737. The highest BCUT2D eigenvalue weighted by atomic mass is 32.2. The van der Waals surface area contributed by atoms with Gasteiger partial charge in [-0.1, -0.05) is 24.3 Å². The molecule has 0 fully saturated rings. The molecule has 1 heterocycles. The molecule has 0 saturated heterocycles. The Kier molecular flexibility index (Phi) is 4.86. The second kappa shape index (κ2) is 6.78. The summed E-state index contributed by atoms with van der Waals surface area (Å²) in [6.45, 7) is -0.0893. The summed E-state index contributed by atoms with van der Waals surface area (Å²) in [5.74, 6) is 0.449. The molecule has 0 bridgehead atoms. The van der Waals surface area contributed by atoms with Crippen LogP contribution in [0.2, 0.25) is 0 Å². The highest BCUT2D eigenvalue weighted by Crippen LogP contribution is 2.32. The first-order valence-electron chi connectivity index (χ1n) is 7.70. The largest absolute Gasteiger partial charge is 0.488 e. The fourth-order valence-corrected chi connectivity index (χ4v) is 4.32. The number of fused-ring (bicyclic) bond motifs is 1. The Balaban J connectivity index is 1.85. The third kappa shape index (κ3) is 4.20. The summed E-state index contributed by atoms with van der Waals surface area (Å²) in [4.78, 5) is 0.352. The molecule has 0 aliphatic carbocycles. The lowest BCUT2D eigenvalue weighted by atomic mass is 10.0. The lowest BCUT2D eigenvalue weighted by Gasteiger charge is -2.26. The average Bonchev–Trinajstić information content (AvgIpc) is 2.59. The van der Waals surface area contributed by atoms with Crippen molar-refractivity contribution in [2.75, 3.05) is 12.9 Å². The molecule has 0 radical (unpaired) electrons. The lowest BCUT2D eigenvalue weighted by Crippen LogP contribution is -2.29. The molecule has 134 valence electrons. The van der Waals surface area contributed by atoms with Crippen LogP contribution in [0.15, 0.2) is 58.3 Å². The van der Waals surface area contributed by atoms with Crippen molar-refractivity contribution in [3.05, 3.63) is 54.1 Å². The van der Waals surface area contributed by atoms with Gasteiger partial charge < -0.3 is 4.74 Å². The molecule has 0 amide bonds. The standard InChI is InChI=1S/C17H18O6S2/c1-24(18,19)22-12-14-9-7-13-8-10-16(11-17(13)23-14)25(20,21)15-5-3-2-4-6-15/h2-6,8,10-11,14H,7,9,12H2,1H3/t14-/m1/s1. The topological polar surface area (TPSA) is 86.7 Å². The predicted octanol–water partition coefficient (Wildman–Crippen LogP) is 2.19. The summed E-state index contributed by atoms with van der Waals surface area (Å²) in [6, 6.07) is 13.0. The van der Waals surface area contributed by atoms with Crippen molar-refractivity contribution in [3.63, 3.8) is 0 Å². The van der Waals surface area contributed by atoms with Crippen molar-refractivity contribution >= 4 is 20.0 Å². The van der Waals surface area contributed by atoms with E-state index in [1.165, 1.54) is 6.07 Å². The maximum absolute atomic E-state index is 12.7. The van der Waals surface area contributed by atoms with Crippen molar-refractivity contribution in [2.45, 2.75) is 28.7 Å². The normalized spacial score (nSPS) is 17.6. The van der Waals surface area contributed by atoms with Crippen molar-refractivity contribution in [3.8, 4) is 5.75 Å². The first-order valence-corrected chi connectivity index (χ1v) is 11.0. The van der Waals surface area contributed by atoms with Crippen molar-refractivity contribution in [2.24, 2.45) is 0 Å². The van der Waals surface area contributed by atoms with Crippen LogP contribution in [-0.2, 0) is 30.6 Å². The Bertz CT molecular complexity index is 965. The number of hydrogen-bond acceptors (Lipinski definition) is 6. The molecule has 1 aliphatic rings. The molecule has 2 aromatic rings. The maximum Gasteiger partial charge on any atom is 0.264 e. The first kappa shape index (κ1) is 17.9. The Morgan fingerprint density at radius 1 is 1.04 bits per heavy atom. The molecule has 1 atom stereocenters. The van der Waals surface area contributed by atoms with Gasteiger partial charge in [-0.05, 0) is 42.7 Å². The van der Waals surface area contributed by atoms with Crippen molar-refractivity contribution in [1.82, 2.24) is 0 Å². The molecule has 25 heavy (non-hydrogen) atoms. The number of hydrogen-bond donors (Lipinski definition) is 0. The molecule has 1 aliphatic heterocycles. The monoisotopic (exact) mass is 382 g/mol. The van der Waals surface area contributed by atoms with E-state index in [4.69, 9.17) is 8.92 Å². The SMILES string of the molecule is CS(=O)(=O)OC[C@H]1CCc2ccc(S(=O)(=O)c3ccccc3)cc2O1. The summed E-state index contributed by atoms with van der Waals surface area (Å²) < 4.78 is 58.1. The fourth-order valence-electron chi connectivity index (χ4n) is 2.63. The van der Waals surface area contributed by atoms with Crippen molar-refractivity contribution in [1.29, 1.82) is 0 Å². The number of ether oxygens (including phenoxy) is 1. The average molecular weight is 382 g/mol. The minimum Gasteiger partial charge on any atom is -0.488 e. The maximum atomic E-state index is 12.7. The van der Waals surface area contributed by atoms with Crippen LogP contribution in [0, 0.1) is 0 Å². The van der Waals surface area contributed by atoms with E-state index >= 15 is 0 Å². The third-order valence-corrected chi connectivity index (χ3v) is 6.23. The summed E-state index contributed by atoms with van der Waals surface area (Å²) in [7, 11) is -7.18. The van der Waals surface area contributed by atoms with Gasteiger partial charge in [0.2, 0.25) is 9.84 Å². The van der Waals surface area contributed by atoms with Gasteiger partial charge in [-0.25, -0.2) is 8.42 Å². The summed E-state index contributed by atoms with van der Waals surface area (Å²) >= 11 is 0. The van der Waals surface area contributed by atoms with Crippen LogP contribution >= 0.6 is 0 Å². The Hall–Kier alpha value is -1.90. The molecule has 2 aromatic carbocycles. The summed E-state index contributed by atoms with van der Waals surface area (Å²) in [5.41, 5.74) is 0.891. The van der Waals surface area contributed by atoms with E-state index in [2.05, 4.69) is 0 Å². The van der Waals surface area contributed by atoms with E-state index < -0.39 is 26.1 Å². The van der Waals surface area contributed by atoms with Crippen LogP contribution in [0.4, 0.5) is 0 Å². The molecular formula is C17H18O6S2. The predicted molar refractivity (Wildman–Crippen MR) is 91.9 cm³/mol. The van der Waals surface area contributed by atoms with E-state index in [1.807, 2.05) is 0 Å². The number of benzene rings is 2. The zero-order valence-electron chi connectivity index (χ0n) is 13.6. The first-order chi connectivity index (χ1) is 11.8. The zero-order chi connectivity index (χ0) is 18.1. The molecule has 8 heteroatoms. The van der Waals surface area contributed by atoms with Crippen LogP contribution in [0.3, 0.4) is 0 Å². The van der Waals surface area contributed by atoms with Gasteiger partial charge in [0.25, 0.3) is 10.1 Å². The number of aryl methyl sites for hydroxylation is 1. The molecule has 0 aromatic heterocycles. The van der Waals surface area contributed by atoms with Gasteiger partial charge in [-0.15, -0.1) is 0 Å². The molecule has 0 N–H and O–H groups in total. The molecule has 0 saturated carbocycles. The zero-order valence-corrected chi connectivity index (χ0v) is 15.2. The molecular weight excluding hydrogens is 364 g/mol. The van der Waals surface area contributed by atoms with E-state index in [0.29, 0.717) is 18.6 Å². The van der Waals surface area contributed by atoms with Gasteiger partial charge in [-0.2, -0.15) is 8.42 Å². The fraction of sp³-hybridized carbons (Fsp3) is 0.294. The lowest BCUT2D eigenvalue weighted by molar-refractivity contribution is 0.113. The second-order valence-electron chi connectivity index (χ2n) is 5.85. The second-order valence-corrected chi connectivity index (χ2v) is 9.45. The van der Waals surface area contributed by atoms with Crippen LogP contribution in [0.25, 0.3) is 0 Å². The van der Waals surface area contributed by atoms with Crippen LogP contribution in [-0.4, -0.2) is 35.8 Å². The smallest absolute Gasteiger partial charge is 0.264 e. The minimum atomic E-state index is -3.63. The number of rotatable bonds is 5. The molecule has 3 rings (SSSR count). The molecule has 0 spiro atoms. The Labute approximate surface area is 147 Å². The summed E-state index contributed by atoms with van der Waals surface area (Å²) in [5, 5.41) is 0. The highest BCUT2D eigenvalue weighted by molar-refractivity contribution is 7.91. The van der Waals surface area contributed by atoms with Gasteiger partial charge in [0.15, 0.2) is 0 Å². The van der Waals surface area contributed by atoms with Crippen LogP contribution in [0.5, 0.6) is 5.75 Å². The molecule has 0 unspecified atom stereocenters. The van der Waals surface area contributed by atoms with E-state index in [9.17, 15) is 16.8 Å². The van der Waals surface area contributed by atoms with Gasteiger partial charge >= 0.3 is 0 Å². The van der Waals surface area contributed by atoms with Gasteiger partial charge in [0.1, 0.15) is 18.5 Å². The van der Waals surface area contributed by atoms with Crippen LogP contribution < -0.4 is 4.74 Å². The Morgan fingerprint density at radius 2 is 1.76 bits per heavy atom. The minimum absolute atomic E-state index is 0.0893. The van der Waals surface area contributed by atoms with Gasteiger partial charge in [-0.3, -0.25) is 4.18 Å². The number of sulfone groups is 1. The Morgan fingerprint density at radius 3 is 2.44 bits per heavy atom. The van der Waals surface area contributed by atoms with Gasteiger partial charge in [0.05, 0.1) is 16.0 Å². The van der Waals surface area contributed by atoms with E-state index in [0.717, 1.165) is 11.8 Å². The highest BCUT2D eigenvalue weighted by Gasteiger charge is 2.25. The van der Waals surface area contributed by atoms with Crippen molar-refractivity contribution < 1.29 is 25.8 Å². The molecule has 6 nitrogen and oxygen atoms in total. The third-order valence-electron chi connectivity index (χ3n) is 3.90. The van der Waals surface area contributed by atoms with E-state index in [-0.39, 0.29) is 16.4 Å².